The number of amides is 1. The number of halogens is 1. The SMILES string of the molecule is CCC(N)C(c1ccccc1Br)N(CC(N)=O)C(C)C. The minimum Gasteiger partial charge on any atom is -0.369 e. The molecule has 0 radical (unpaired) electrons. The average Bonchev–Trinajstić information content (AvgIpc) is 2.39. The highest BCUT2D eigenvalue weighted by atomic mass is 79.9. The standard InChI is InChI=1S/C15H24BrN3O/c1-4-13(17)15(11-7-5-6-8-12(11)16)19(10(2)3)9-14(18)20/h5-8,10,13,15H,4,9,17H2,1-3H3,(H2,18,20). The van der Waals surface area contributed by atoms with E-state index < -0.39 is 0 Å². The summed E-state index contributed by atoms with van der Waals surface area (Å²) < 4.78 is 1.00. The molecule has 1 amide bonds. The summed E-state index contributed by atoms with van der Waals surface area (Å²) in [5.74, 6) is -0.334. The Balaban J connectivity index is 3.23. The Morgan fingerprint density at radius 1 is 1.35 bits per heavy atom. The zero-order valence-corrected chi connectivity index (χ0v) is 13.9. The largest absolute Gasteiger partial charge is 0.369 e. The van der Waals surface area contributed by atoms with Gasteiger partial charge in [-0.2, -0.15) is 0 Å². The van der Waals surface area contributed by atoms with Crippen molar-refractivity contribution < 1.29 is 4.79 Å². The average molecular weight is 342 g/mol. The van der Waals surface area contributed by atoms with Crippen molar-refractivity contribution in [2.75, 3.05) is 6.54 Å². The molecule has 112 valence electrons. The van der Waals surface area contributed by atoms with Crippen LogP contribution < -0.4 is 11.5 Å². The molecular formula is C15H24BrN3O. The highest BCUT2D eigenvalue weighted by Crippen LogP contribution is 2.32. The minimum absolute atomic E-state index is 0.0388. The van der Waals surface area contributed by atoms with E-state index in [1.807, 2.05) is 24.3 Å². The zero-order chi connectivity index (χ0) is 15.3. The van der Waals surface area contributed by atoms with Crippen LogP contribution in [0.2, 0.25) is 0 Å². The number of primary amides is 1. The third-order valence-corrected chi connectivity index (χ3v) is 4.18. The maximum atomic E-state index is 11.4. The van der Waals surface area contributed by atoms with Gasteiger partial charge in [0, 0.05) is 16.6 Å². The predicted molar refractivity (Wildman–Crippen MR) is 86.2 cm³/mol. The fraction of sp³-hybridized carbons (Fsp3) is 0.533. The number of carbonyl (C=O) groups is 1. The molecule has 0 bridgehead atoms. The van der Waals surface area contributed by atoms with Crippen molar-refractivity contribution in [1.29, 1.82) is 0 Å². The molecule has 0 aliphatic heterocycles. The molecule has 0 aromatic heterocycles. The molecule has 0 aliphatic rings. The van der Waals surface area contributed by atoms with Crippen LogP contribution in [0.15, 0.2) is 28.7 Å². The fourth-order valence-corrected chi connectivity index (χ4v) is 2.89. The topological polar surface area (TPSA) is 72.3 Å². The molecule has 5 heteroatoms. The molecule has 1 aromatic rings. The Bertz CT molecular complexity index is 450. The number of benzene rings is 1. The van der Waals surface area contributed by atoms with Crippen LogP contribution in [0.5, 0.6) is 0 Å². The number of hydrogen-bond donors (Lipinski definition) is 2. The summed E-state index contributed by atoms with van der Waals surface area (Å²) in [6, 6.07) is 8.07. The van der Waals surface area contributed by atoms with E-state index in [9.17, 15) is 4.79 Å². The molecule has 4 nitrogen and oxygen atoms in total. The third kappa shape index (κ3) is 4.30. The molecule has 0 spiro atoms. The lowest BCUT2D eigenvalue weighted by molar-refractivity contribution is -0.120. The van der Waals surface area contributed by atoms with Gasteiger partial charge < -0.3 is 11.5 Å². The first kappa shape index (κ1) is 17.1. The van der Waals surface area contributed by atoms with Crippen LogP contribution in [0.1, 0.15) is 38.8 Å². The summed E-state index contributed by atoms with van der Waals surface area (Å²) in [5.41, 5.74) is 12.8. The van der Waals surface area contributed by atoms with E-state index >= 15 is 0 Å². The van der Waals surface area contributed by atoms with Crippen molar-refractivity contribution in [2.24, 2.45) is 11.5 Å². The Morgan fingerprint density at radius 2 is 1.95 bits per heavy atom. The van der Waals surface area contributed by atoms with Crippen LogP contribution in [0, 0.1) is 0 Å². The second-order valence-corrected chi connectivity index (χ2v) is 6.13. The summed E-state index contributed by atoms with van der Waals surface area (Å²) in [4.78, 5) is 13.4. The molecule has 2 atom stereocenters. The van der Waals surface area contributed by atoms with E-state index in [0.717, 1.165) is 16.5 Å². The number of nitrogens with two attached hydrogens (primary N) is 2. The molecule has 0 heterocycles. The van der Waals surface area contributed by atoms with Gasteiger partial charge in [0.15, 0.2) is 0 Å². The molecule has 2 unspecified atom stereocenters. The van der Waals surface area contributed by atoms with E-state index in [-0.39, 0.29) is 30.6 Å². The molecule has 0 saturated carbocycles. The number of nitrogens with zero attached hydrogens (tertiary/aromatic N) is 1. The van der Waals surface area contributed by atoms with Crippen molar-refractivity contribution in [1.82, 2.24) is 4.90 Å². The van der Waals surface area contributed by atoms with Gasteiger partial charge in [-0.3, -0.25) is 9.69 Å². The highest BCUT2D eigenvalue weighted by Gasteiger charge is 2.29. The van der Waals surface area contributed by atoms with Gasteiger partial charge in [-0.25, -0.2) is 0 Å². The molecule has 1 rings (SSSR count). The van der Waals surface area contributed by atoms with E-state index in [1.54, 1.807) is 0 Å². The van der Waals surface area contributed by atoms with E-state index in [1.165, 1.54) is 0 Å². The normalized spacial score (nSPS) is 14.6. The monoisotopic (exact) mass is 341 g/mol. The maximum absolute atomic E-state index is 11.4. The number of hydrogen-bond acceptors (Lipinski definition) is 3. The molecular weight excluding hydrogens is 318 g/mol. The van der Waals surface area contributed by atoms with Crippen molar-refractivity contribution >= 4 is 21.8 Å². The van der Waals surface area contributed by atoms with Gasteiger partial charge >= 0.3 is 0 Å². The Morgan fingerprint density at radius 3 is 2.40 bits per heavy atom. The highest BCUT2D eigenvalue weighted by molar-refractivity contribution is 9.10. The fourth-order valence-electron chi connectivity index (χ4n) is 2.38. The summed E-state index contributed by atoms with van der Waals surface area (Å²) in [6.07, 6.45) is 0.827. The van der Waals surface area contributed by atoms with E-state index in [0.29, 0.717) is 0 Å². The summed E-state index contributed by atoms with van der Waals surface area (Å²) >= 11 is 3.58. The van der Waals surface area contributed by atoms with Gasteiger partial charge in [0.05, 0.1) is 12.6 Å². The molecule has 20 heavy (non-hydrogen) atoms. The van der Waals surface area contributed by atoms with Crippen LogP contribution in [-0.4, -0.2) is 29.4 Å². The van der Waals surface area contributed by atoms with Gasteiger partial charge in [0.1, 0.15) is 0 Å². The first-order valence-electron chi connectivity index (χ1n) is 6.92. The minimum atomic E-state index is -0.334. The smallest absolute Gasteiger partial charge is 0.231 e. The number of carbonyl (C=O) groups excluding carboxylic acids is 1. The van der Waals surface area contributed by atoms with Crippen LogP contribution in [0.4, 0.5) is 0 Å². The zero-order valence-electron chi connectivity index (χ0n) is 12.3. The molecule has 0 saturated heterocycles. The lowest BCUT2D eigenvalue weighted by Gasteiger charge is -2.38. The van der Waals surface area contributed by atoms with Crippen LogP contribution in [0.25, 0.3) is 0 Å². The predicted octanol–water partition coefficient (Wildman–Crippen LogP) is 2.42. The quantitative estimate of drug-likeness (QED) is 0.799. The second kappa shape index (κ2) is 7.76. The second-order valence-electron chi connectivity index (χ2n) is 5.27. The lowest BCUT2D eigenvalue weighted by Crippen LogP contribution is -2.47. The molecule has 1 aromatic carbocycles. The van der Waals surface area contributed by atoms with Gasteiger partial charge in [0.2, 0.25) is 5.91 Å². The Hall–Kier alpha value is -0.910. The van der Waals surface area contributed by atoms with Crippen molar-refractivity contribution in [3.8, 4) is 0 Å². The van der Waals surface area contributed by atoms with Crippen LogP contribution >= 0.6 is 15.9 Å². The van der Waals surface area contributed by atoms with Crippen molar-refractivity contribution in [2.45, 2.75) is 45.3 Å². The Labute approximate surface area is 129 Å². The maximum Gasteiger partial charge on any atom is 0.231 e. The molecule has 0 aliphatic carbocycles. The van der Waals surface area contributed by atoms with E-state index in [4.69, 9.17) is 11.5 Å². The van der Waals surface area contributed by atoms with Crippen LogP contribution in [0.3, 0.4) is 0 Å². The number of rotatable bonds is 7. The molecule has 4 N–H and O–H groups in total. The summed E-state index contributed by atoms with van der Waals surface area (Å²) in [7, 11) is 0. The van der Waals surface area contributed by atoms with Gasteiger partial charge in [-0.05, 0) is 31.9 Å². The van der Waals surface area contributed by atoms with Gasteiger partial charge in [-0.15, -0.1) is 0 Å². The molecule has 0 fully saturated rings. The van der Waals surface area contributed by atoms with E-state index in [2.05, 4.69) is 41.6 Å². The van der Waals surface area contributed by atoms with Crippen LogP contribution in [-0.2, 0) is 4.79 Å². The van der Waals surface area contributed by atoms with Crippen molar-refractivity contribution in [3.05, 3.63) is 34.3 Å². The first-order valence-corrected chi connectivity index (χ1v) is 7.71. The third-order valence-electron chi connectivity index (χ3n) is 3.46. The summed E-state index contributed by atoms with van der Waals surface area (Å²) in [5, 5.41) is 0. The first-order chi connectivity index (χ1) is 9.38. The van der Waals surface area contributed by atoms with Gasteiger partial charge in [-0.1, -0.05) is 41.1 Å². The van der Waals surface area contributed by atoms with Gasteiger partial charge in [0.25, 0.3) is 0 Å². The summed E-state index contributed by atoms with van der Waals surface area (Å²) in [6.45, 7) is 6.36. The van der Waals surface area contributed by atoms with Crippen molar-refractivity contribution in [3.63, 3.8) is 0 Å². The lowest BCUT2D eigenvalue weighted by atomic mass is 9.95. The Kier molecular flexibility index (Phi) is 6.65.